The number of nitrogens with zero attached hydrogens (tertiary/aromatic N) is 3. The van der Waals surface area contributed by atoms with E-state index in [1.165, 1.54) is 0 Å². The maximum Gasteiger partial charge on any atom is 0.229 e. The van der Waals surface area contributed by atoms with Crippen molar-refractivity contribution in [2.24, 2.45) is 11.3 Å². The van der Waals surface area contributed by atoms with Crippen LogP contribution in [0.5, 0.6) is 0 Å². The molecule has 1 atom stereocenters. The van der Waals surface area contributed by atoms with Gasteiger partial charge in [0.2, 0.25) is 11.8 Å². The summed E-state index contributed by atoms with van der Waals surface area (Å²) >= 11 is 6.12. The number of piperidine rings is 1. The van der Waals surface area contributed by atoms with Crippen molar-refractivity contribution in [2.75, 3.05) is 26.2 Å². The van der Waals surface area contributed by atoms with Crippen LogP contribution in [0.2, 0.25) is 5.02 Å². The van der Waals surface area contributed by atoms with Crippen molar-refractivity contribution in [1.82, 2.24) is 20.1 Å². The van der Waals surface area contributed by atoms with Gasteiger partial charge in [0.15, 0.2) is 0 Å². The quantitative estimate of drug-likeness (QED) is 0.545. The molecule has 6 nitrogen and oxygen atoms in total. The largest absolute Gasteiger partial charge is 0.349 e. The lowest BCUT2D eigenvalue weighted by molar-refractivity contribution is -0.139. The van der Waals surface area contributed by atoms with Crippen LogP contribution in [0.3, 0.4) is 0 Å². The van der Waals surface area contributed by atoms with Gasteiger partial charge in [-0.1, -0.05) is 42.6 Å². The lowest BCUT2D eigenvalue weighted by Gasteiger charge is -2.38. The number of halogens is 1. The lowest BCUT2D eigenvalue weighted by Crippen LogP contribution is -2.45. The highest BCUT2D eigenvalue weighted by molar-refractivity contribution is 6.30. The fourth-order valence-corrected chi connectivity index (χ4v) is 6.36. The fourth-order valence-electron chi connectivity index (χ4n) is 6.23. The van der Waals surface area contributed by atoms with E-state index in [-0.39, 0.29) is 23.3 Å². The normalized spacial score (nSPS) is 21.2. The SMILES string of the molecule is O=C(NC(CCN1CCC2(CC1)CCN(Cc1cccnc1)C2=O)c1ccc(Cl)cc1)C1CCCC1. The van der Waals surface area contributed by atoms with Crippen molar-refractivity contribution in [3.05, 3.63) is 64.9 Å². The van der Waals surface area contributed by atoms with Crippen LogP contribution in [0.25, 0.3) is 0 Å². The molecular formula is C29H37ClN4O2. The van der Waals surface area contributed by atoms with Gasteiger partial charge in [0.05, 0.1) is 11.5 Å². The maximum atomic E-state index is 13.3. The molecule has 3 aliphatic rings. The molecule has 2 saturated heterocycles. The van der Waals surface area contributed by atoms with Crippen LogP contribution in [0.4, 0.5) is 0 Å². The number of nitrogens with one attached hydrogen (secondary N) is 1. The Morgan fingerprint density at radius 1 is 1.08 bits per heavy atom. The molecule has 1 unspecified atom stereocenters. The van der Waals surface area contributed by atoms with Crippen LogP contribution in [-0.4, -0.2) is 52.8 Å². The molecule has 0 bridgehead atoms. The van der Waals surface area contributed by atoms with Gasteiger partial charge < -0.3 is 15.1 Å². The zero-order valence-electron chi connectivity index (χ0n) is 21.0. The molecule has 1 aromatic heterocycles. The summed E-state index contributed by atoms with van der Waals surface area (Å²) in [5.74, 6) is 0.654. The average Bonchev–Trinajstić information content (AvgIpc) is 3.54. The molecule has 2 amide bonds. The van der Waals surface area contributed by atoms with Crippen LogP contribution < -0.4 is 5.32 Å². The van der Waals surface area contributed by atoms with Gasteiger partial charge >= 0.3 is 0 Å². The minimum atomic E-state index is -0.203. The van der Waals surface area contributed by atoms with E-state index in [9.17, 15) is 9.59 Å². The Morgan fingerprint density at radius 2 is 1.81 bits per heavy atom. The maximum absolute atomic E-state index is 13.3. The van der Waals surface area contributed by atoms with Crippen LogP contribution in [0.15, 0.2) is 48.8 Å². The topological polar surface area (TPSA) is 65.5 Å². The molecule has 3 fully saturated rings. The van der Waals surface area contributed by atoms with Gasteiger partial charge in [-0.15, -0.1) is 0 Å². The van der Waals surface area contributed by atoms with Crippen LogP contribution in [0, 0.1) is 11.3 Å². The first-order chi connectivity index (χ1) is 17.5. The fraction of sp³-hybridized carbons (Fsp3) is 0.552. The number of amides is 2. The molecule has 1 aliphatic carbocycles. The smallest absolute Gasteiger partial charge is 0.229 e. The Morgan fingerprint density at radius 3 is 2.50 bits per heavy atom. The summed E-state index contributed by atoms with van der Waals surface area (Å²) in [5, 5.41) is 4.05. The van der Waals surface area contributed by atoms with Crippen molar-refractivity contribution >= 4 is 23.4 Å². The summed E-state index contributed by atoms with van der Waals surface area (Å²) in [4.78, 5) is 34.9. The van der Waals surface area contributed by atoms with E-state index in [0.717, 1.165) is 88.7 Å². The molecule has 0 radical (unpaired) electrons. The summed E-state index contributed by atoms with van der Waals surface area (Å²) in [6, 6.07) is 11.8. The average molecular weight is 509 g/mol. The molecule has 1 aromatic carbocycles. The highest BCUT2D eigenvalue weighted by Crippen LogP contribution is 2.42. The zero-order chi connectivity index (χ0) is 25.0. The second kappa shape index (κ2) is 11.3. The lowest BCUT2D eigenvalue weighted by atomic mass is 9.77. The Labute approximate surface area is 219 Å². The number of likely N-dealkylation sites (tertiary alicyclic amines) is 2. The number of hydrogen-bond donors (Lipinski definition) is 1. The molecule has 2 aliphatic heterocycles. The number of rotatable bonds is 8. The molecule has 7 heteroatoms. The molecule has 1 saturated carbocycles. The number of hydrogen-bond acceptors (Lipinski definition) is 4. The van der Waals surface area contributed by atoms with Crippen LogP contribution in [0.1, 0.15) is 68.5 Å². The van der Waals surface area contributed by atoms with Gasteiger partial charge in [-0.25, -0.2) is 0 Å². The van der Waals surface area contributed by atoms with Gasteiger partial charge in [0, 0.05) is 43.0 Å². The Balaban J connectivity index is 1.16. The minimum Gasteiger partial charge on any atom is -0.349 e. The van der Waals surface area contributed by atoms with Crippen LogP contribution in [-0.2, 0) is 16.1 Å². The molecule has 2 aromatic rings. The van der Waals surface area contributed by atoms with E-state index in [2.05, 4.69) is 15.2 Å². The van der Waals surface area contributed by atoms with Crippen molar-refractivity contribution in [2.45, 2.75) is 64.0 Å². The monoisotopic (exact) mass is 508 g/mol. The van der Waals surface area contributed by atoms with E-state index in [1.54, 1.807) is 6.20 Å². The third kappa shape index (κ3) is 5.76. The van der Waals surface area contributed by atoms with E-state index in [0.29, 0.717) is 17.5 Å². The van der Waals surface area contributed by atoms with Gasteiger partial charge in [-0.2, -0.15) is 0 Å². The van der Waals surface area contributed by atoms with Crippen molar-refractivity contribution < 1.29 is 9.59 Å². The van der Waals surface area contributed by atoms with Crippen molar-refractivity contribution in [1.29, 1.82) is 0 Å². The third-order valence-electron chi connectivity index (χ3n) is 8.56. The van der Waals surface area contributed by atoms with E-state index >= 15 is 0 Å². The second-order valence-corrected chi connectivity index (χ2v) is 11.3. The van der Waals surface area contributed by atoms with Gasteiger partial charge in [-0.05, 0) is 80.9 Å². The zero-order valence-corrected chi connectivity index (χ0v) is 21.8. The number of benzene rings is 1. The summed E-state index contributed by atoms with van der Waals surface area (Å²) in [7, 11) is 0. The standard InChI is InChI=1S/C29H37ClN4O2/c30-25-9-7-23(8-10-25)26(32-27(35)24-5-1-2-6-24)11-16-33-17-12-29(13-18-33)14-19-34(28(29)36)21-22-4-3-15-31-20-22/h3-4,7-10,15,20,24,26H,1-2,5-6,11-14,16-19,21H2,(H,32,35). The molecule has 3 heterocycles. The first-order valence-corrected chi connectivity index (χ1v) is 13.9. The highest BCUT2D eigenvalue weighted by atomic mass is 35.5. The number of carbonyl (C=O) groups excluding carboxylic acids is 2. The first kappa shape index (κ1) is 25.2. The summed E-state index contributed by atoms with van der Waals surface area (Å²) in [5.41, 5.74) is 2.00. The molecule has 5 rings (SSSR count). The van der Waals surface area contributed by atoms with Gasteiger partial charge in [-0.3, -0.25) is 14.6 Å². The molecule has 36 heavy (non-hydrogen) atoms. The van der Waals surface area contributed by atoms with Crippen molar-refractivity contribution in [3.8, 4) is 0 Å². The highest BCUT2D eigenvalue weighted by Gasteiger charge is 2.47. The molecule has 192 valence electrons. The van der Waals surface area contributed by atoms with Crippen molar-refractivity contribution in [3.63, 3.8) is 0 Å². The first-order valence-electron chi connectivity index (χ1n) is 13.5. The summed E-state index contributed by atoms with van der Waals surface area (Å²) in [6.45, 7) is 4.25. The Bertz CT molecular complexity index is 1030. The van der Waals surface area contributed by atoms with Crippen LogP contribution >= 0.6 is 11.6 Å². The van der Waals surface area contributed by atoms with E-state index in [4.69, 9.17) is 11.6 Å². The predicted octanol–water partition coefficient (Wildman–Crippen LogP) is 4.99. The minimum absolute atomic E-state index is 0.0191. The van der Waals surface area contributed by atoms with Gasteiger partial charge in [0.1, 0.15) is 0 Å². The molecule has 1 N–H and O–H groups in total. The molecular weight excluding hydrogens is 472 g/mol. The summed E-state index contributed by atoms with van der Waals surface area (Å²) < 4.78 is 0. The number of aromatic nitrogens is 1. The van der Waals surface area contributed by atoms with Gasteiger partial charge in [0.25, 0.3) is 0 Å². The number of pyridine rings is 1. The Hall–Kier alpha value is -2.44. The third-order valence-corrected chi connectivity index (χ3v) is 8.81. The summed E-state index contributed by atoms with van der Waals surface area (Å²) in [6.07, 6.45) is 11.5. The second-order valence-electron chi connectivity index (χ2n) is 10.8. The van der Waals surface area contributed by atoms with E-state index in [1.807, 2.05) is 47.5 Å². The Kier molecular flexibility index (Phi) is 7.92. The molecule has 1 spiro atoms. The number of carbonyl (C=O) groups is 2. The van der Waals surface area contributed by atoms with E-state index < -0.39 is 0 Å². The predicted molar refractivity (Wildman–Crippen MR) is 141 cm³/mol.